The molecular weight excluding hydrogens is 302 g/mol. The van der Waals surface area contributed by atoms with Crippen LogP contribution in [0.4, 0.5) is 0 Å². The van der Waals surface area contributed by atoms with Gasteiger partial charge in [-0.2, -0.15) is 0 Å². The number of para-hydroxylation sites is 2. The van der Waals surface area contributed by atoms with Gasteiger partial charge < -0.3 is 14.5 Å². The van der Waals surface area contributed by atoms with Crippen LogP contribution in [0.3, 0.4) is 0 Å². The minimum absolute atomic E-state index is 0.684. The second-order valence-electron chi connectivity index (χ2n) is 5.93. The number of fused-ring (bicyclic) bond motifs is 1. The monoisotopic (exact) mass is 323 g/mol. The molecule has 1 aromatic heterocycles. The number of aromatic amines is 1. The van der Waals surface area contributed by atoms with Crippen molar-refractivity contribution in [2.24, 2.45) is 0 Å². The Balaban J connectivity index is 1.43. The number of rotatable bonds is 5. The molecule has 1 aliphatic rings. The lowest BCUT2D eigenvalue weighted by Gasteiger charge is -2.26. The van der Waals surface area contributed by atoms with Crippen molar-refractivity contribution in [2.75, 3.05) is 39.5 Å². The predicted molar refractivity (Wildman–Crippen MR) is 94.3 cm³/mol. The smallest absolute Gasteiger partial charge is 0.138 e. The van der Waals surface area contributed by atoms with Gasteiger partial charge in [-0.25, -0.2) is 4.98 Å². The molecule has 0 radical (unpaired) electrons. The molecule has 1 saturated heterocycles. The number of aromatic nitrogens is 2. The number of imidazole rings is 1. The van der Waals surface area contributed by atoms with E-state index < -0.39 is 0 Å². The van der Waals surface area contributed by atoms with Crippen LogP contribution in [0.25, 0.3) is 22.4 Å². The number of nitrogens with one attached hydrogen (secondary N) is 1. The molecule has 4 rings (SSSR count). The third-order valence-electron chi connectivity index (χ3n) is 4.28. The van der Waals surface area contributed by atoms with Gasteiger partial charge in [0.05, 0.1) is 24.2 Å². The highest BCUT2D eigenvalue weighted by atomic mass is 16.5. The minimum atomic E-state index is 0.684. The molecule has 1 fully saturated rings. The molecule has 24 heavy (non-hydrogen) atoms. The molecule has 2 heterocycles. The van der Waals surface area contributed by atoms with Crippen LogP contribution in [0.15, 0.2) is 48.5 Å². The molecule has 5 nitrogen and oxygen atoms in total. The van der Waals surface area contributed by atoms with Crippen LogP contribution in [-0.2, 0) is 4.74 Å². The van der Waals surface area contributed by atoms with Crippen molar-refractivity contribution in [3.05, 3.63) is 48.5 Å². The van der Waals surface area contributed by atoms with Crippen molar-refractivity contribution in [3.63, 3.8) is 0 Å². The fraction of sp³-hybridized carbons (Fsp3) is 0.316. The lowest BCUT2D eigenvalue weighted by molar-refractivity contribution is 0.0322. The SMILES string of the molecule is c1cc(OCCN2CCOCC2)cc(-c2nc3ccccc3[nH]2)c1. The van der Waals surface area contributed by atoms with Gasteiger partial charge in [0.2, 0.25) is 0 Å². The van der Waals surface area contributed by atoms with Crippen molar-refractivity contribution in [1.29, 1.82) is 0 Å². The average molecular weight is 323 g/mol. The van der Waals surface area contributed by atoms with Gasteiger partial charge in [-0.1, -0.05) is 24.3 Å². The first-order valence-electron chi connectivity index (χ1n) is 8.36. The Morgan fingerprint density at radius 3 is 2.83 bits per heavy atom. The summed E-state index contributed by atoms with van der Waals surface area (Å²) in [5.74, 6) is 1.75. The number of morpholine rings is 1. The molecule has 1 aliphatic heterocycles. The summed E-state index contributed by atoms with van der Waals surface area (Å²) in [6, 6.07) is 16.1. The molecule has 3 aromatic rings. The summed E-state index contributed by atoms with van der Waals surface area (Å²) < 4.78 is 11.3. The van der Waals surface area contributed by atoms with Crippen LogP contribution in [0.1, 0.15) is 0 Å². The summed E-state index contributed by atoms with van der Waals surface area (Å²) >= 11 is 0. The van der Waals surface area contributed by atoms with Gasteiger partial charge >= 0.3 is 0 Å². The Bertz CT molecular complexity index is 776. The third kappa shape index (κ3) is 3.42. The Kier molecular flexibility index (Phi) is 4.44. The van der Waals surface area contributed by atoms with Crippen LogP contribution in [0.5, 0.6) is 5.75 Å². The van der Waals surface area contributed by atoms with Crippen LogP contribution < -0.4 is 4.74 Å². The van der Waals surface area contributed by atoms with E-state index in [9.17, 15) is 0 Å². The molecule has 0 aliphatic carbocycles. The number of hydrogen-bond donors (Lipinski definition) is 1. The Morgan fingerprint density at radius 2 is 1.96 bits per heavy atom. The molecule has 0 amide bonds. The molecular formula is C19H21N3O2. The quantitative estimate of drug-likeness (QED) is 0.784. The fourth-order valence-electron chi connectivity index (χ4n) is 2.94. The lowest BCUT2D eigenvalue weighted by atomic mass is 10.2. The van der Waals surface area contributed by atoms with E-state index >= 15 is 0 Å². The first kappa shape index (κ1) is 15.2. The van der Waals surface area contributed by atoms with Crippen molar-refractivity contribution >= 4 is 11.0 Å². The zero-order chi connectivity index (χ0) is 16.2. The molecule has 0 saturated carbocycles. The summed E-state index contributed by atoms with van der Waals surface area (Å²) in [5, 5.41) is 0. The standard InChI is InChI=1S/C19H21N3O2/c1-2-7-18-17(6-1)20-19(21-18)15-4-3-5-16(14-15)24-13-10-22-8-11-23-12-9-22/h1-7,14H,8-13H2,(H,20,21). The summed E-state index contributed by atoms with van der Waals surface area (Å²) in [4.78, 5) is 10.4. The zero-order valence-corrected chi connectivity index (χ0v) is 13.6. The lowest BCUT2D eigenvalue weighted by Crippen LogP contribution is -2.38. The first-order valence-corrected chi connectivity index (χ1v) is 8.36. The van der Waals surface area contributed by atoms with E-state index in [0.29, 0.717) is 6.61 Å². The van der Waals surface area contributed by atoms with Crippen LogP contribution >= 0.6 is 0 Å². The molecule has 2 aromatic carbocycles. The fourth-order valence-corrected chi connectivity index (χ4v) is 2.94. The minimum Gasteiger partial charge on any atom is -0.492 e. The number of benzene rings is 2. The van der Waals surface area contributed by atoms with Gasteiger partial charge in [-0.15, -0.1) is 0 Å². The Hall–Kier alpha value is -2.37. The number of hydrogen-bond acceptors (Lipinski definition) is 4. The summed E-state index contributed by atoms with van der Waals surface area (Å²) in [6.07, 6.45) is 0. The van der Waals surface area contributed by atoms with Gasteiger partial charge in [0, 0.05) is 25.2 Å². The van der Waals surface area contributed by atoms with Crippen molar-refractivity contribution < 1.29 is 9.47 Å². The topological polar surface area (TPSA) is 50.4 Å². The van der Waals surface area contributed by atoms with Crippen LogP contribution in [-0.4, -0.2) is 54.3 Å². The van der Waals surface area contributed by atoms with Crippen LogP contribution in [0.2, 0.25) is 0 Å². The van der Waals surface area contributed by atoms with E-state index in [4.69, 9.17) is 9.47 Å². The molecule has 0 spiro atoms. The van der Waals surface area contributed by atoms with E-state index in [0.717, 1.165) is 61.0 Å². The highest BCUT2D eigenvalue weighted by molar-refractivity contribution is 5.79. The first-order chi connectivity index (χ1) is 11.9. The van der Waals surface area contributed by atoms with Gasteiger partial charge in [0.1, 0.15) is 18.2 Å². The summed E-state index contributed by atoms with van der Waals surface area (Å²) in [5.41, 5.74) is 3.06. The second-order valence-corrected chi connectivity index (χ2v) is 5.93. The van der Waals surface area contributed by atoms with Crippen molar-refractivity contribution in [2.45, 2.75) is 0 Å². The molecule has 0 bridgehead atoms. The maximum atomic E-state index is 5.92. The molecule has 0 unspecified atom stereocenters. The van der Waals surface area contributed by atoms with E-state index in [2.05, 4.69) is 14.9 Å². The number of ether oxygens (including phenoxy) is 2. The predicted octanol–water partition coefficient (Wildman–Crippen LogP) is 2.94. The van der Waals surface area contributed by atoms with E-state index in [1.54, 1.807) is 0 Å². The molecule has 0 atom stereocenters. The van der Waals surface area contributed by atoms with Crippen molar-refractivity contribution in [1.82, 2.24) is 14.9 Å². The number of H-pyrrole nitrogens is 1. The van der Waals surface area contributed by atoms with Crippen LogP contribution in [0, 0.1) is 0 Å². The average Bonchev–Trinajstić information content (AvgIpc) is 3.07. The van der Waals surface area contributed by atoms with Crippen molar-refractivity contribution in [3.8, 4) is 17.1 Å². The highest BCUT2D eigenvalue weighted by Crippen LogP contribution is 2.24. The van der Waals surface area contributed by atoms with Gasteiger partial charge in [-0.05, 0) is 24.3 Å². The second kappa shape index (κ2) is 7.03. The maximum Gasteiger partial charge on any atom is 0.138 e. The summed E-state index contributed by atoms with van der Waals surface area (Å²) in [6.45, 7) is 5.23. The molecule has 124 valence electrons. The summed E-state index contributed by atoms with van der Waals surface area (Å²) in [7, 11) is 0. The van der Waals surface area contributed by atoms with Gasteiger partial charge in [0.15, 0.2) is 0 Å². The Labute approximate surface area is 141 Å². The van der Waals surface area contributed by atoms with Gasteiger partial charge in [-0.3, -0.25) is 4.90 Å². The van der Waals surface area contributed by atoms with E-state index in [1.165, 1.54) is 0 Å². The third-order valence-corrected chi connectivity index (χ3v) is 4.28. The number of nitrogens with zero attached hydrogens (tertiary/aromatic N) is 2. The Morgan fingerprint density at radius 1 is 1.08 bits per heavy atom. The maximum absolute atomic E-state index is 5.92. The van der Waals surface area contributed by atoms with E-state index in [-0.39, 0.29) is 0 Å². The zero-order valence-electron chi connectivity index (χ0n) is 13.6. The molecule has 1 N–H and O–H groups in total. The van der Waals surface area contributed by atoms with E-state index in [1.807, 2.05) is 48.5 Å². The highest BCUT2D eigenvalue weighted by Gasteiger charge is 2.10. The molecule has 5 heteroatoms. The normalized spacial score (nSPS) is 15.7. The largest absolute Gasteiger partial charge is 0.492 e. The van der Waals surface area contributed by atoms with Gasteiger partial charge in [0.25, 0.3) is 0 Å².